The van der Waals surface area contributed by atoms with Gasteiger partial charge in [0.25, 0.3) is 5.91 Å². The summed E-state index contributed by atoms with van der Waals surface area (Å²) < 4.78 is 16.9. The van der Waals surface area contributed by atoms with Crippen LogP contribution in [0.5, 0.6) is 17.2 Å². The van der Waals surface area contributed by atoms with Gasteiger partial charge in [0, 0.05) is 12.6 Å². The van der Waals surface area contributed by atoms with Crippen molar-refractivity contribution in [2.24, 2.45) is 5.92 Å². The van der Waals surface area contributed by atoms with Crippen LogP contribution in [0.1, 0.15) is 63.6 Å². The van der Waals surface area contributed by atoms with Gasteiger partial charge in [-0.15, -0.1) is 0 Å². The highest BCUT2D eigenvalue weighted by Gasteiger charge is 2.43. The van der Waals surface area contributed by atoms with Gasteiger partial charge in [-0.05, 0) is 80.8 Å². The van der Waals surface area contributed by atoms with Gasteiger partial charge in [-0.2, -0.15) is 0 Å². The fourth-order valence-electron chi connectivity index (χ4n) is 5.29. The molecule has 1 unspecified atom stereocenters. The predicted molar refractivity (Wildman–Crippen MR) is 138 cm³/mol. The number of benzene rings is 2. The maximum atomic E-state index is 14.1. The van der Waals surface area contributed by atoms with Gasteiger partial charge in [0.15, 0.2) is 11.5 Å². The van der Waals surface area contributed by atoms with Crippen LogP contribution in [0, 0.1) is 5.92 Å². The van der Waals surface area contributed by atoms with Crippen molar-refractivity contribution in [2.75, 3.05) is 20.8 Å². The number of hydrogen-bond donors (Lipinski definition) is 0. The number of nitrogens with zero attached hydrogens (tertiary/aromatic N) is 2. The van der Waals surface area contributed by atoms with E-state index < -0.39 is 6.04 Å². The number of piperazine rings is 1. The zero-order chi connectivity index (χ0) is 25.8. The highest BCUT2D eigenvalue weighted by Crippen LogP contribution is 2.38. The molecule has 7 nitrogen and oxygen atoms in total. The first kappa shape index (κ1) is 25.9. The number of carbonyl (C=O) groups is 2. The Hall–Kier alpha value is -3.22. The molecule has 7 heteroatoms. The van der Waals surface area contributed by atoms with Crippen LogP contribution in [0.25, 0.3) is 0 Å². The van der Waals surface area contributed by atoms with E-state index in [1.165, 1.54) is 0 Å². The molecule has 1 atom stereocenters. The zero-order valence-electron chi connectivity index (χ0n) is 22.0. The van der Waals surface area contributed by atoms with E-state index in [1.54, 1.807) is 19.1 Å². The lowest BCUT2D eigenvalue weighted by atomic mass is 9.85. The number of hydrogen-bond acceptors (Lipinski definition) is 5. The van der Waals surface area contributed by atoms with E-state index in [1.807, 2.05) is 61.2 Å². The molecule has 0 spiro atoms. The molecule has 1 aliphatic carbocycles. The smallest absolute Gasteiger partial charge is 0.250 e. The number of carbonyl (C=O) groups excluding carboxylic acids is 2. The Balaban J connectivity index is 1.71. The maximum absolute atomic E-state index is 14.1. The normalized spacial score (nSPS) is 22.7. The minimum Gasteiger partial charge on any atom is -0.497 e. The highest BCUT2D eigenvalue weighted by molar-refractivity contribution is 5.96. The molecule has 1 heterocycles. The van der Waals surface area contributed by atoms with E-state index in [0.29, 0.717) is 24.0 Å². The first-order valence-electron chi connectivity index (χ1n) is 12.9. The number of ether oxygens (including phenoxy) is 3. The van der Waals surface area contributed by atoms with Crippen molar-refractivity contribution in [1.82, 2.24) is 9.80 Å². The number of rotatable bonds is 8. The zero-order valence-corrected chi connectivity index (χ0v) is 22.0. The van der Waals surface area contributed by atoms with Gasteiger partial charge in [-0.25, -0.2) is 0 Å². The third-order valence-electron chi connectivity index (χ3n) is 7.23. The van der Waals surface area contributed by atoms with Gasteiger partial charge in [0.1, 0.15) is 18.3 Å². The summed E-state index contributed by atoms with van der Waals surface area (Å²) in [5.74, 6) is 2.46. The quantitative estimate of drug-likeness (QED) is 0.518. The third-order valence-corrected chi connectivity index (χ3v) is 7.23. The van der Waals surface area contributed by atoms with Gasteiger partial charge in [0.2, 0.25) is 5.91 Å². The van der Waals surface area contributed by atoms with Crippen molar-refractivity contribution in [1.29, 1.82) is 0 Å². The van der Waals surface area contributed by atoms with Crippen molar-refractivity contribution in [3.05, 3.63) is 53.6 Å². The third kappa shape index (κ3) is 5.61. The van der Waals surface area contributed by atoms with Gasteiger partial charge in [-0.3, -0.25) is 9.59 Å². The van der Waals surface area contributed by atoms with Crippen LogP contribution in [0.15, 0.2) is 42.5 Å². The molecule has 2 amide bonds. The summed E-state index contributed by atoms with van der Waals surface area (Å²) in [7, 11) is 3.21. The number of methoxy groups -OCH3 is 2. The minimum atomic E-state index is -0.737. The van der Waals surface area contributed by atoms with E-state index in [4.69, 9.17) is 14.2 Å². The average molecular weight is 495 g/mol. The summed E-state index contributed by atoms with van der Waals surface area (Å²) in [6.45, 7) is 6.59. The van der Waals surface area contributed by atoms with Crippen molar-refractivity contribution in [3.8, 4) is 17.2 Å². The second-order valence-corrected chi connectivity index (χ2v) is 10.2. The van der Waals surface area contributed by atoms with E-state index in [2.05, 4.69) is 6.92 Å². The number of amides is 2. The Morgan fingerprint density at radius 3 is 2.36 bits per heavy atom. The summed E-state index contributed by atoms with van der Waals surface area (Å²) in [6.07, 6.45) is 4.02. The average Bonchev–Trinajstić information content (AvgIpc) is 2.87. The predicted octanol–water partition coefficient (Wildman–Crippen LogP) is 4.98. The molecule has 1 saturated carbocycles. The van der Waals surface area contributed by atoms with Crippen LogP contribution in [-0.2, 0) is 16.1 Å². The Labute approximate surface area is 214 Å². The molecule has 2 aromatic carbocycles. The summed E-state index contributed by atoms with van der Waals surface area (Å²) in [5.41, 5.74) is 1.63. The molecule has 1 aliphatic heterocycles. The lowest BCUT2D eigenvalue weighted by molar-refractivity contribution is -0.160. The summed E-state index contributed by atoms with van der Waals surface area (Å²) in [6, 6.07) is 12.5. The first-order chi connectivity index (χ1) is 17.3. The Kier molecular flexibility index (Phi) is 8.07. The van der Waals surface area contributed by atoms with Crippen LogP contribution < -0.4 is 14.2 Å². The molecule has 2 aliphatic rings. The van der Waals surface area contributed by atoms with E-state index in [-0.39, 0.29) is 30.5 Å². The Morgan fingerprint density at radius 1 is 0.944 bits per heavy atom. The Morgan fingerprint density at radius 2 is 1.69 bits per heavy atom. The second-order valence-electron chi connectivity index (χ2n) is 10.2. The van der Waals surface area contributed by atoms with Gasteiger partial charge >= 0.3 is 0 Å². The molecular weight excluding hydrogens is 456 g/mol. The van der Waals surface area contributed by atoms with Gasteiger partial charge in [-0.1, -0.05) is 25.1 Å². The first-order valence-corrected chi connectivity index (χ1v) is 12.9. The lowest BCUT2D eigenvalue weighted by Gasteiger charge is -2.45. The van der Waals surface area contributed by atoms with Crippen molar-refractivity contribution in [2.45, 2.75) is 71.2 Å². The summed E-state index contributed by atoms with van der Waals surface area (Å²) in [4.78, 5) is 31.2. The van der Waals surface area contributed by atoms with Crippen molar-refractivity contribution >= 4 is 11.8 Å². The van der Waals surface area contributed by atoms with Crippen LogP contribution in [-0.4, -0.2) is 54.5 Å². The molecule has 194 valence electrons. The van der Waals surface area contributed by atoms with Crippen LogP contribution in [0.3, 0.4) is 0 Å². The van der Waals surface area contributed by atoms with E-state index in [0.717, 1.165) is 42.6 Å². The Bertz CT molecular complexity index is 1080. The molecule has 0 bridgehead atoms. The van der Waals surface area contributed by atoms with Crippen molar-refractivity contribution < 1.29 is 23.8 Å². The largest absolute Gasteiger partial charge is 0.497 e. The highest BCUT2D eigenvalue weighted by atomic mass is 16.5. The van der Waals surface area contributed by atoms with Crippen molar-refractivity contribution in [3.63, 3.8) is 0 Å². The second kappa shape index (κ2) is 11.2. The lowest BCUT2D eigenvalue weighted by Crippen LogP contribution is -2.58. The standard InChI is InChI=1S/C29H38N2O5/c1-19(2)36-25-14-11-22(16-26(25)35-5)28-29(33)30(23-12-9-20(3)10-13-23)18-27(32)31(28)17-21-7-6-8-24(15-21)34-4/h6-8,11,14-16,19-20,23,28H,9-10,12-13,17-18H2,1-5H3. The van der Waals surface area contributed by atoms with Crippen LogP contribution in [0.4, 0.5) is 0 Å². The molecular formula is C29H38N2O5. The molecule has 36 heavy (non-hydrogen) atoms. The molecule has 1 saturated heterocycles. The van der Waals surface area contributed by atoms with E-state index >= 15 is 0 Å². The summed E-state index contributed by atoms with van der Waals surface area (Å²) >= 11 is 0. The molecule has 2 fully saturated rings. The van der Waals surface area contributed by atoms with Gasteiger partial charge < -0.3 is 24.0 Å². The van der Waals surface area contributed by atoms with E-state index in [9.17, 15) is 9.59 Å². The van der Waals surface area contributed by atoms with Crippen LogP contribution >= 0.6 is 0 Å². The SMILES string of the molecule is COc1cccc(CN2C(=O)CN(C3CCC(C)CC3)C(=O)C2c2ccc(OC(C)C)c(OC)c2)c1. The van der Waals surface area contributed by atoms with Crippen LogP contribution in [0.2, 0.25) is 0 Å². The maximum Gasteiger partial charge on any atom is 0.250 e. The molecule has 0 aromatic heterocycles. The fourth-order valence-corrected chi connectivity index (χ4v) is 5.29. The topological polar surface area (TPSA) is 68.3 Å². The molecule has 0 radical (unpaired) electrons. The molecule has 0 N–H and O–H groups in total. The summed E-state index contributed by atoms with van der Waals surface area (Å²) in [5, 5.41) is 0. The molecule has 4 rings (SSSR count). The monoisotopic (exact) mass is 494 g/mol. The fraction of sp³-hybridized carbons (Fsp3) is 0.517. The van der Waals surface area contributed by atoms with Gasteiger partial charge in [0.05, 0.1) is 20.3 Å². The molecule has 2 aromatic rings. The minimum absolute atomic E-state index is 0.0172.